The summed E-state index contributed by atoms with van der Waals surface area (Å²) < 4.78 is 5.83. The Kier molecular flexibility index (Phi) is 2.74. The van der Waals surface area contributed by atoms with Crippen molar-refractivity contribution in [2.24, 2.45) is 5.41 Å². The maximum Gasteiger partial charge on any atom is 0.115 e. The maximum absolute atomic E-state index is 5.83. The van der Waals surface area contributed by atoms with Gasteiger partial charge < -0.3 is 10.1 Å². The van der Waals surface area contributed by atoms with Crippen LogP contribution in [0.3, 0.4) is 0 Å². The van der Waals surface area contributed by atoms with Crippen molar-refractivity contribution in [3.8, 4) is 0 Å². The zero-order valence-electron chi connectivity index (χ0n) is 10.2. The van der Waals surface area contributed by atoms with E-state index >= 15 is 0 Å². The van der Waals surface area contributed by atoms with Gasteiger partial charge in [0.25, 0.3) is 0 Å². The van der Waals surface area contributed by atoms with Crippen LogP contribution in [0.25, 0.3) is 0 Å². The van der Waals surface area contributed by atoms with Gasteiger partial charge in [0.05, 0.1) is 24.2 Å². The van der Waals surface area contributed by atoms with Gasteiger partial charge in [-0.25, -0.2) is 9.97 Å². The van der Waals surface area contributed by atoms with Crippen molar-refractivity contribution in [3.05, 3.63) is 18.7 Å². The quantitative estimate of drug-likeness (QED) is 0.866. The molecule has 2 aliphatic carbocycles. The molecule has 1 aromatic rings. The van der Waals surface area contributed by atoms with E-state index in [1.807, 2.05) is 12.4 Å². The summed E-state index contributed by atoms with van der Waals surface area (Å²) in [6.07, 6.45) is 10.7. The van der Waals surface area contributed by atoms with Crippen LogP contribution in [0.2, 0.25) is 0 Å². The summed E-state index contributed by atoms with van der Waals surface area (Å²) >= 11 is 0. The van der Waals surface area contributed by atoms with Gasteiger partial charge >= 0.3 is 0 Å². The van der Waals surface area contributed by atoms with Crippen molar-refractivity contribution in [2.45, 2.75) is 44.8 Å². The molecule has 1 aromatic heterocycles. The summed E-state index contributed by atoms with van der Waals surface area (Å²) in [5, 5.41) is 3.55. The molecule has 0 radical (unpaired) electrons. The van der Waals surface area contributed by atoms with Crippen LogP contribution < -0.4 is 5.32 Å². The van der Waals surface area contributed by atoms with E-state index in [2.05, 4.69) is 22.2 Å². The third kappa shape index (κ3) is 1.71. The Morgan fingerprint density at radius 3 is 2.76 bits per heavy atom. The number of aromatic nitrogens is 2. The molecule has 2 fully saturated rings. The van der Waals surface area contributed by atoms with Crippen LogP contribution in [0.15, 0.2) is 18.7 Å². The Balaban J connectivity index is 1.66. The topological polar surface area (TPSA) is 47.0 Å². The highest BCUT2D eigenvalue weighted by Gasteiger charge is 2.58. The van der Waals surface area contributed by atoms with Crippen LogP contribution in [-0.4, -0.2) is 28.7 Å². The molecule has 0 amide bonds. The number of hydrogen-bond donors (Lipinski definition) is 1. The maximum atomic E-state index is 5.83. The first-order valence-electron chi connectivity index (χ1n) is 6.48. The molecule has 4 heteroatoms. The molecule has 3 rings (SSSR count). The van der Waals surface area contributed by atoms with Crippen molar-refractivity contribution in [2.75, 3.05) is 11.9 Å². The normalized spacial score (nSPS) is 29.5. The van der Waals surface area contributed by atoms with E-state index in [-0.39, 0.29) is 0 Å². The summed E-state index contributed by atoms with van der Waals surface area (Å²) in [6.45, 7) is 2.91. The fraction of sp³-hybridized carbons (Fsp3) is 0.692. The fourth-order valence-electron chi connectivity index (χ4n) is 3.22. The standard InChI is InChI=1S/C13H19N3O/c1-2-17-12-6-11(13(12)4-3-5-13)16-10-7-14-9-15-8-10/h7-9,11-12,16H,2-6H2,1H3. The van der Waals surface area contributed by atoms with Crippen LogP contribution >= 0.6 is 0 Å². The van der Waals surface area contributed by atoms with E-state index in [1.165, 1.54) is 19.3 Å². The summed E-state index contributed by atoms with van der Waals surface area (Å²) in [6, 6.07) is 0.541. The van der Waals surface area contributed by atoms with Crippen molar-refractivity contribution < 1.29 is 4.74 Å². The molecule has 0 aromatic carbocycles. The Morgan fingerprint density at radius 2 is 2.18 bits per heavy atom. The summed E-state index contributed by atoms with van der Waals surface area (Å²) in [7, 11) is 0. The van der Waals surface area contributed by atoms with Crippen molar-refractivity contribution in [1.29, 1.82) is 0 Å². The van der Waals surface area contributed by atoms with Gasteiger partial charge in [0.2, 0.25) is 0 Å². The molecule has 17 heavy (non-hydrogen) atoms. The zero-order valence-corrected chi connectivity index (χ0v) is 10.2. The van der Waals surface area contributed by atoms with Gasteiger partial charge in [-0.1, -0.05) is 6.42 Å². The fourth-order valence-corrected chi connectivity index (χ4v) is 3.22. The highest BCUT2D eigenvalue weighted by molar-refractivity contribution is 5.41. The Morgan fingerprint density at radius 1 is 1.41 bits per heavy atom. The molecular weight excluding hydrogens is 214 g/mol. The molecule has 2 aliphatic rings. The van der Waals surface area contributed by atoms with Gasteiger partial charge in [-0.2, -0.15) is 0 Å². The van der Waals surface area contributed by atoms with Gasteiger partial charge in [0.15, 0.2) is 0 Å². The molecular formula is C13H19N3O. The van der Waals surface area contributed by atoms with Gasteiger partial charge in [-0.15, -0.1) is 0 Å². The predicted octanol–water partition coefficient (Wildman–Crippen LogP) is 2.24. The van der Waals surface area contributed by atoms with E-state index in [0.29, 0.717) is 17.6 Å². The molecule has 2 atom stereocenters. The SMILES string of the molecule is CCOC1CC(Nc2cncnc2)C12CCC2. The van der Waals surface area contributed by atoms with E-state index < -0.39 is 0 Å². The lowest BCUT2D eigenvalue weighted by Gasteiger charge is -2.61. The van der Waals surface area contributed by atoms with Gasteiger partial charge in [-0.3, -0.25) is 0 Å². The highest BCUT2D eigenvalue weighted by Crippen LogP contribution is 2.58. The Labute approximate surface area is 102 Å². The number of ether oxygens (including phenoxy) is 1. The van der Waals surface area contributed by atoms with Gasteiger partial charge in [-0.05, 0) is 26.2 Å². The number of nitrogens with one attached hydrogen (secondary N) is 1. The van der Waals surface area contributed by atoms with E-state index in [1.54, 1.807) is 6.33 Å². The molecule has 0 saturated heterocycles. The van der Waals surface area contributed by atoms with Gasteiger partial charge in [0.1, 0.15) is 6.33 Å². The van der Waals surface area contributed by atoms with Crippen LogP contribution in [0.5, 0.6) is 0 Å². The van der Waals surface area contributed by atoms with Gasteiger partial charge in [0, 0.05) is 18.1 Å². The van der Waals surface area contributed by atoms with Crippen molar-refractivity contribution >= 4 is 5.69 Å². The molecule has 0 bridgehead atoms. The average molecular weight is 233 g/mol. The molecule has 2 unspecified atom stereocenters. The van der Waals surface area contributed by atoms with E-state index in [0.717, 1.165) is 18.7 Å². The second-order valence-corrected chi connectivity index (χ2v) is 5.09. The number of nitrogens with zero attached hydrogens (tertiary/aromatic N) is 2. The highest BCUT2D eigenvalue weighted by atomic mass is 16.5. The van der Waals surface area contributed by atoms with Crippen LogP contribution in [0, 0.1) is 5.41 Å². The second kappa shape index (κ2) is 4.26. The molecule has 4 nitrogen and oxygen atoms in total. The van der Waals surface area contributed by atoms with E-state index in [4.69, 9.17) is 4.74 Å². The second-order valence-electron chi connectivity index (χ2n) is 5.09. The summed E-state index contributed by atoms with van der Waals surface area (Å²) in [5.41, 5.74) is 1.42. The van der Waals surface area contributed by atoms with E-state index in [9.17, 15) is 0 Å². The molecule has 0 aliphatic heterocycles. The van der Waals surface area contributed by atoms with Crippen LogP contribution in [-0.2, 0) is 4.74 Å². The molecule has 2 saturated carbocycles. The smallest absolute Gasteiger partial charge is 0.115 e. The lowest BCUT2D eigenvalue weighted by Crippen LogP contribution is -2.64. The zero-order chi connectivity index (χ0) is 11.7. The monoisotopic (exact) mass is 233 g/mol. The lowest BCUT2D eigenvalue weighted by molar-refractivity contribution is -0.157. The molecule has 92 valence electrons. The molecule has 1 N–H and O–H groups in total. The first-order valence-corrected chi connectivity index (χ1v) is 6.48. The minimum atomic E-state index is 0.395. The number of anilines is 1. The Hall–Kier alpha value is -1.16. The average Bonchev–Trinajstić information content (AvgIpc) is 2.27. The number of rotatable bonds is 4. The first kappa shape index (κ1) is 11.0. The first-order chi connectivity index (χ1) is 8.35. The lowest BCUT2D eigenvalue weighted by atomic mass is 9.51. The molecule has 1 spiro atoms. The predicted molar refractivity (Wildman–Crippen MR) is 65.8 cm³/mol. The summed E-state index contributed by atoms with van der Waals surface area (Å²) in [4.78, 5) is 8.08. The minimum absolute atomic E-state index is 0.395. The van der Waals surface area contributed by atoms with Crippen LogP contribution in [0.4, 0.5) is 5.69 Å². The minimum Gasteiger partial charge on any atom is -0.379 e. The van der Waals surface area contributed by atoms with Crippen molar-refractivity contribution in [3.63, 3.8) is 0 Å². The third-order valence-electron chi connectivity index (χ3n) is 4.34. The van der Waals surface area contributed by atoms with Crippen molar-refractivity contribution in [1.82, 2.24) is 9.97 Å². The largest absolute Gasteiger partial charge is 0.379 e. The Bertz CT molecular complexity index is 378. The third-order valence-corrected chi connectivity index (χ3v) is 4.34. The summed E-state index contributed by atoms with van der Waals surface area (Å²) in [5.74, 6) is 0. The molecule has 1 heterocycles. The number of hydrogen-bond acceptors (Lipinski definition) is 4. The van der Waals surface area contributed by atoms with Crippen LogP contribution in [0.1, 0.15) is 32.6 Å².